The molecule has 0 bridgehead atoms. The summed E-state index contributed by atoms with van der Waals surface area (Å²) in [6.07, 6.45) is 5.13. The molecule has 3 nitrogen and oxygen atoms in total. The third-order valence-corrected chi connectivity index (χ3v) is 2.63. The van der Waals surface area contributed by atoms with Crippen molar-refractivity contribution < 1.29 is 4.79 Å². The first-order valence-electron chi connectivity index (χ1n) is 5.15. The molecular formula is C10H20N2O. The van der Waals surface area contributed by atoms with Gasteiger partial charge in [0.05, 0.1) is 6.04 Å². The van der Waals surface area contributed by atoms with Gasteiger partial charge in [0.25, 0.3) is 0 Å². The quantitative estimate of drug-likeness (QED) is 0.674. The molecule has 1 amide bonds. The second-order valence-electron chi connectivity index (χ2n) is 4.30. The summed E-state index contributed by atoms with van der Waals surface area (Å²) in [7, 11) is 0. The van der Waals surface area contributed by atoms with Crippen molar-refractivity contribution in [3.8, 4) is 0 Å². The van der Waals surface area contributed by atoms with E-state index in [1.165, 1.54) is 0 Å². The van der Waals surface area contributed by atoms with Crippen LogP contribution in [0.3, 0.4) is 0 Å². The van der Waals surface area contributed by atoms with Crippen molar-refractivity contribution in [1.82, 2.24) is 5.32 Å². The SMILES string of the molecule is CCCC[C@H](N)C(=O)NC1(C)CC1. The average Bonchev–Trinajstić information content (AvgIpc) is 2.79. The number of carbonyl (C=O) groups excluding carboxylic acids is 1. The molecule has 0 radical (unpaired) electrons. The fourth-order valence-corrected chi connectivity index (χ4v) is 1.26. The van der Waals surface area contributed by atoms with E-state index in [0.717, 1.165) is 32.1 Å². The number of carbonyl (C=O) groups is 1. The van der Waals surface area contributed by atoms with Crippen LogP contribution in [0.2, 0.25) is 0 Å². The van der Waals surface area contributed by atoms with Crippen molar-refractivity contribution in [3.05, 3.63) is 0 Å². The van der Waals surface area contributed by atoms with Crippen LogP contribution in [0.25, 0.3) is 0 Å². The van der Waals surface area contributed by atoms with Crippen LogP contribution in [0.15, 0.2) is 0 Å². The van der Waals surface area contributed by atoms with Crippen LogP contribution in [-0.4, -0.2) is 17.5 Å². The summed E-state index contributed by atoms with van der Waals surface area (Å²) in [6.45, 7) is 4.17. The monoisotopic (exact) mass is 184 g/mol. The molecule has 0 aromatic carbocycles. The van der Waals surface area contributed by atoms with E-state index in [2.05, 4.69) is 19.2 Å². The number of unbranched alkanes of at least 4 members (excludes halogenated alkanes) is 1. The van der Waals surface area contributed by atoms with Gasteiger partial charge >= 0.3 is 0 Å². The van der Waals surface area contributed by atoms with Crippen LogP contribution in [0, 0.1) is 0 Å². The number of rotatable bonds is 5. The molecule has 0 aromatic rings. The van der Waals surface area contributed by atoms with Gasteiger partial charge < -0.3 is 11.1 Å². The standard InChI is InChI=1S/C10H20N2O/c1-3-4-5-8(11)9(13)12-10(2)6-7-10/h8H,3-7,11H2,1-2H3,(H,12,13)/t8-/m0/s1. The van der Waals surface area contributed by atoms with Crippen molar-refractivity contribution in [2.45, 2.75) is 57.5 Å². The van der Waals surface area contributed by atoms with E-state index < -0.39 is 0 Å². The van der Waals surface area contributed by atoms with Crippen molar-refractivity contribution >= 4 is 5.91 Å². The predicted octanol–water partition coefficient (Wildman–Crippen LogP) is 1.17. The van der Waals surface area contributed by atoms with Crippen molar-refractivity contribution in [3.63, 3.8) is 0 Å². The van der Waals surface area contributed by atoms with E-state index in [1.54, 1.807) is 0 Å². The highest BCUT2D eigenvalue weighted by atomic mass is 16.2. The highest BCUT2D eigenvalue weighted by Gasteiger charge is 2.39. The zero-order valence-electron chi connectivity index (χ0n) is 8.60. The first-order valence-corrected chi connectivity index (χ1v) is 5.15. The van der Waals surface area contributed by atoms with Crippen LogP contribution in [0.4, 0.5) is 0 Å². The molecule has 13 heavy (non-hydrogen) atoms. The molecule has 76 valence electrons. The molecule has 0 saturated heterocycles. The molecule has 0 spiro atoms. The van der Waals surface area contributed by atoms with Crippen molar-refractivity contribution in [2.75, 3.05) is 0 Å². The smallest absolute Gasteiger partial charge is 0.237 e. The number of hydrogen-bond acceptors (Lipinski definition) is 2. The largest absolute Gasteiger partial charge is 0.350 e. The molecule has 3 N–H and O–H groups in total. The minimum atomic E-state index is -0.308. The number of nitrogens with two attached hydrogens (primary N) is 1. The summed E-state index contributed by atoms with van der Waals surface area (Å²) in [6, 6.07) is -0.308. The normalized spacial score (nSPS) is 20.8. The Morgan fingerprint density at radius 1 is 1.62 bits per heavy atom. The van der Waals surface area contributed by atoms with Gasteiger partial charge in [-0.25, -0.2) is 0 Å². The second-order valence-corrected chi connectivity index (χ2v) is 4.30. The van der Waals surface area contributed by atoms with E-state index in [-0.39, 0.29) is 17.5 Å². The van der Waals surface area contributed by atoms with Crippen molar-refractivity contribution in [1.29, 1.82) is 0 Å². The molecule has 1 rings (SSSR count). The van der Waals surface area contributed by atoms with E-state index in [4.69, 9.17) is 5.73 Å². The van der Waals surface area contributed by atoms with E-state index in [1.807, 2.05) is 0 Å². The fourth-order valence-electron chi connectivity index (χ4n) is 1.26. The maximum absolute atomic E-state index is 11.5. The minimum Gasteiger partial charge on any atom is -0.350 e. The zero-order chi connectivity index (χ0) is 9.90. The Balaban J connectivity index is 2.21. The Kier molecular flexibility index (Phi) is 3.31. The Hall–Kier alpha value is -0.570. The van der Waals surface area contributed by atoms with Gasteiger partial charge in [0.1, 0.15) is 0 Å². The number of hydrogen-bond donors (Lipinski definition) is 2. The summed E-state index contributed by atoms with van der Waals surface area (Å²) >= 11 is 0. The highest BCUT2D eigenvalue weighted by molar-refractivity contribution is 5.82. The molecule has 0 unspecified atom stereocenters. The van der Waals surface area contributed by atoms with Crippen LogP contribution < -0.4 is 11.1 Å². The molecule has 0 heterocycles. The molecule has 0 aromatic heterocycles. The molecule has 0 aliphatic heterocycles. The fraction of sp³-hybridized carbons (Fsp3) is 0.900. The maximum Gasteiger partial charge on any atom is 0.237 e. The van der Waals surface area contributed by atoms with Gasteiger partial charge in [0, 0.05) is 5.54 Å². The second kappa shape index (κ2) is 4.09. The zero-order valence-corrected chi connectivity index (χ0v) is 8.60. The average molecular weight is 184 g/mol. The summed E-state index contributed by atoms with van der Waals surface area (Å²) in [4.78, 5) is 11.5. The van der Waals surface area contributed by atoms with Gasteiger partial charge in [0.15, 0.2) is 0 Å². The topological polar surface area (TPSA) is 55.1 Å². The summed E-state index contributed by atoms with van der Waals surface area (Å²) < 4.78 is 0. The first-order chi connectivity index (χ1) is 6.07. The Morgan fingerprint density at radius 3 is 2.69 bits per heavy atom. The van der Waals surface area contributed by atoms with Gasteiger partial charge in [-0.1, -0.05) is 19.8 Å². The lowest BCUT2D eigenvalue weighted by Gasteiger charge is -2.15. The number of amides is 1. The van der Waals surface area contributed by atoms with Crippen LogP contribution in [0.5, 0.6) is 0 Å². The molecule has 3 heteroatoms. The molecule has 1 fully saturated rings. The lowest BCUT2D eigenvalue weighted by Crippen LogP contribution is -2.45. The Morgan fingerprint density at radius 2 is 2.23 bits per heavy atom. The summed E-state index contributed by atoms with van der Waals surface area (Å²) in [5.74, 6) is 0.0217. The van der Waals surface area contributed by atoms with Gasteiger partial charge in [-0.2, -0.15) is 0 Å². The van der Waals surface area contributed by atoms with Gasteiger partial charge in [-0.15, -0.1) is 0 Å². The van der Waals surface area contributed by atoms with E-state index in [9.17, 15) is 4.79 Å². The van der Waals surface area contributed by atoms with Gasteiger partial charge in [-0.05, 0) is 26.2 Å². The maximum atomic E-state index is 11.5. The Bertz CT molecular complexity index is 187. The predicted molar refractivity (Wildman–Crippen MR) is 53.3 cm³/mol. The Labute approximate surface area is 80.1 Å². The van der Waals surface area contributed by atoms with Gasteiger partial charge in [0.2, 0.25) is 5.91 Å². The van der Waals surface area contributed by atoms with Crippen LogP contribution >= 0.6 is 0 Å². The third-order valence-electron chi connectivity index (χ3n) is 2.63. The first kappa shape index (κ1) is 10.5. The third kappa shape index (κ3) is 3.35. The molecular weight excluding hydrogens is 164 g/mol. The number of nitrogens with one attached hydrogen (secondary N) is 1. The lowest BCUT2D eigenvalue weighted by atomic mass is 10.1. The molecule has 1 aliphatic rings. The molecule has 1 atom stereocenters. The van der Waals surface area contributed by atoms with Crippen LogP contribution in [0.1, 0.15) is 46.0 Å². The summed E-state index contributed by atoms with van der Waals surface area (Å²) in [5, 5.41) is 2.97. The van der Waals surface area contributed by atoms with Gasteiger partial charge in [-0.3, -0.25) is 4.79 Å². The van der Waals surface area contributed by atoms with Crippen LogP contribution in [-0.2, 0) is 4.79 Å². The summed E-state index contributed by atoms with van der Waals surface area (Å²) in [5.41, 5.74) is 5.80. The lowest BCUT2D eigenvalue weighted by molar-refractivity contribution is -0.123. The molecule has 1 saturated carbocycles. The minimum absolute atomic E-state index is 0.0217. The van der Waals surface area contributed by atoms with Crippen molar-refractivity contribution in [2.24, 2.45) is 5.73 Å². The van der Waals surface area contributed by atoms with E-state index in [0.29, 0.717) is 0 Å². The molecule has 1 aliphatic carbocycles. The highest BCUT2D eigenvalue weighted by Crippen LogP contribution is 2.34. The van der Waals surface area contributed by atoms with E-state index >= 15 is 0 Å².